The number of carbonyl (C=O) groups is 2. The van der Waals surface area contributed by atoms with Gasteiger partial charge in [0, 0.05) is 26.6 Å². The summed E-state index contributed by atoms with van der Waals surface area (Å²) < 4.78 is 5.20. The molecule has 4 atom stereocenters. The Kier molecular flexibility index (Phi) is 5.45. The molecule has 1 saturated carbocycles. The van der Waals surface area contributed by atoms with Gasteiger partial charge in [-0.2, -0.15) is 0 Å². The van der Waals surface area contributed by atoms with Crippen LogP contribution >= 0.6 is 0 Å². The molecule has 1 heterocycles. The van der Waals surface area contributed by atoms with Gasteiger partial charge in [-0.1, -0.05) is 26.2 Å². The lowest BCUT2D eigenvalue weighted by atomic mass is 9.80. The van der Waals surface area contributed by atoms with Gasteiger partial charge in [0.2, 0.25) is 0 Å². The number of nitrogens with zero attached hydrogens (tertiary/aromatic N) is 1. The molecular weight excluding hydrogens is 272 g/mol. The highest BCUT2D eigenvalue weighted by molar-refractivity contribution is 5.83. The zero-order valence-electron chi connectivity index (χ0n) is 12.9. The van der Waals surface area contributed by atoms with E-state index in [2.05, 4.69) is 12.2 Å². The van der Waals surface area contributed by atoms with E-state index in [1.807, 2.05) is 0 Å². The Morgan fingerprint density at radius 2 is 2.05 bits per heavy atom. The monoisotopic (exact) mass is 298 g/mol. The molecule has 6 heteroatoms. The molecule has 21 heavy (non-hydrogen) atoms. The van der Waals surface area contributed by atoms with Crippen LogP contribution in [-0.2, 0) is 9.53 Å². The fourth-order valence-electron chi connectivity index (χ4n) is 3.44. The maximum atomic E-state index is 12.3. The highest BCUT2D eigenvalue weighted by Crippen LogP contribution is 2.29. The standard InChI is InChI=1S/C15H26N2O4/c1-10-5-3-4-6-11(10)8-16-15(20)17-9-12(21-2)7-13(17)14(18)19/h10-13H,3-9H2,1-2H3,(H,16,20)(H,18,19). The van der Waals surface area contributed by atoms with Crippen molar-refractivity contribution >= 4 is 12.0 Å². The topological polar surface area (TPSA) is 78.9 Å². The van der Waals surface area contributed by atoms with E-state index in [0.717, 1.165) is 6.42 Å². The average molecular weight is 298 g/mol. The Morgan fingerprint density at radius 3 is 2.67 bits per heavy atom. The number of urea groups is 1. The molecule has 4 unspecified atom stereocenters. The Labute approximate surface area is 125 Å². The lowest BCUT2D eigenvalue weighted by Crippen LogP contribution is -2.47. The molecule has 1 aliphatic heterocycles. The molecule has 2 amide bonds. The molecule has 0 aromatic heterocycles. The number of carboxylic acids is 1. The van der Waals surface area contributed by atoms with E-state index in [1.54, 1.807) is 7.11 Å². The predicted octanol–water partition coefficient (Wildman–Crippen LogP) is 1.70. The quantitative estimate of drug-likeness (QED) is 0.828. The van der Waals surface area contributed by atoms with E-state index in [1.165, 1.54) is 24.2 Å². The van der Waals surface area contributed by atoms with Gasteiger partial charge in [-0.25, -0.2) is 9.59 Å². The summed E-state index contributed by atoms with van der Waals surface area (Å²) in [6, 6.07) is -1.06. The van der Waals surface area contributed by atoms with Gasteiger partial charge in [-0.3, -0.25) is 0 Å². The minimum atomic E-state index is -0.962. The highest BCUT2D eigenvalue weighted by Gasteiger charge is 2.40. The van der Waals surface area contributed by atoms with Crippen LogP contribution < -0.4 is 5.32 Å². The summed E-state index contributed by atoms with van der Waals surface area (Å²) in [7, 11) is 1.55. The largest absolute Gasteiger partial charge is 0.480 e. The van der Waals surface area contributed by atoms with Crippen LogP contribution in [0.5, 0.6) is 0 Å². The number of hydrogen-bond donors (Lipinski definition) is 2. The van der Waals surface area contributed by atoms with Gasteiger partial charge < -0.3 is 20.1 Å². The Morgan fingerprint density at radius 1 is 1.33 bits per heavy atom. The second kappa shape index (κ2) is 7.11. The van der Waals surface area contributed by atoms with Crippen molar-refractivity contribution in [3.05, 3.63) is 0 Å². The number of aliphatic carboxylic acids is 1. The minimum Gasteiger partial charge on any atom is -0.480 e. The first-order chi connectivity index (χ1) is 10.0. The number of likely N-dealkylation sites (tertiary alicyclic amines) is 1. The van der Waals surface area contributed by atoms with Gasteiger partial charge in [0.25, 0.3) is 0 Å². The van der Waals surface area contributed by atoms with Crippen molar-refractivity contribution in [3.63, 3.8) is 0 Å². The SMILES string of the molecule is COC1CC(C(=O)O)N(C(=O)NCC2CCCCC2C)C1. The molecule has 0 aromatic rings. The fourth-order valence-corrected chi connectivity index (χ4v) is 3.44. The normalized spacial score (nSPS) is 33.0. The molecule has 1 saturated heterocycles. The maximum absolute atomic E-state index is 12.3. The first-order valence-corrected chi connectivity index (χ1v) is 7.83. The third-order valence-corrected chi connectivity index (χ3v) is 4.95. The van der Waals surface area contributed by atoms with Crippen molar-refractivity contribution < 1.29 is 19.4 Å². The van der Waals surface area contributed by atoms with Gasteiger partial charge >= 0.3 is 12.0 Å². The van der Waals surface area contributed by atoms with Crippen molar-refractivity contribution in [1.82, 2.24) is 10.2 Å². The van der Waals surface area contributed by atoms with Crippen molar-refractivity contribution in [2.24, 2.45) is 11.8 Å². The molecule has 1 aliphatic carbocycles. The zero-order valence-corrected chi connectivity index (χ0v) is 12.9. The fraction of sp³-hybridized carbons (Fsp3) is 0.867. The van der Waals surface area contributed by atoms with Gasteiger partial charge in [-0.15, -0.1) is 0 Å². The van der Waals surface area contributed by atoms with Crippen molar-refractivity contribution in [3.8, 4) is 0 Å². The maximum Gasteiger partial charge on any atom is 0.326 e. The van der Waals surface area contributed by atoms with E-state index in [4.69, 9.17) is 4.74 Å². The summed E-state index contributed by atoms with van der Waals surface area (Å²) in [6.45, 7) is 3.22. The van der Waals surface area contributed by atoms with Crippen LogP contribution in [0.1, 0.15) is 39.0 Å². The van der Waals surface area contributed by atoms with Crippen LogP contribution in [0.4, 0.5) is 4.79 Å². The second-order valence-electron chi connectivity index (χ2n) is 6.31. The van der Waals surface area contributed by atoms with Crippen LogP contribution in [0.25, 0.3) is 0 Å². The lowest BCUT2D eigenvalue weighted by molar-refractivity contribution is -0.141. The molecule has 120 valence electrons. The van der Waals surface area contributed by atoms with Gasteiger partial charge in [-0.05, 0) is 18.3 Å². The number of methoxy groups -OCH3 is 1. The molecule has 0 spiro atoms. The molecule has 2 rings (SSSR count). The summed E-state index contributed by atoms with van der Waals surface area (Å²) in [6.07, 6.45) is 5.02. The number of carbonyl (C=O) groups excluding carboxylic acids is 1. The van der Waals surface area contributed by atoms with Crippen LogP contribution in [0.3, 0.4) is 0 Å². The van der Waals surface area contributed by atoms with E-state index in [-0.39, 0.29) is 12.1 Å². The van der Waals surface area contributed by atoms with Crippen LogP contribution in [0.2, 0.25) is 0 Å². The predicted molar refractivity (Wildman–Crippen MR) is 78.1 cm³/mol. The number of ether oxygens (including phenoxy) is 1. The summed E-state index contributed by atoms with van der Waals surface area (Å²) in [5.41, 5.74) is 0. The minimum absolute atomic E-state index is 0.189. The Hall–Kier alpha value is -1.30. The van der Waals surface area contributed by atoms with Gasteiger partial charge in [0.15, 0.2) is 0 Å². The van der Waals surface area contributed by atoms with E-state index in [0.29, 0.717) is 31.3 Å². The van der Waals surface area contributed by atoms with Gasteiger partial charge in [0.05, 0.1) is 6.10 Å². The summed E-state index contributed by atoms with van der Waals surface area (Å²) in [5, 5.41) is 12.1. The van der Waals surface area contributed by atoms with E-state index < -0.39 is 12.0 Å². The average Bonchev–Trinajstić information content (AvgIpc) is 2.90. The smallest absolute Gasteiger partial charge is 0.326 e. The number of amides is 2. The van der Waals surface area contributed by atoms with Gasteiger partial charge in [0.1, 0.15) is 6.04 Å². The molecule has 2 N–H and O–H groups in total. The van der Waals surface area contributed by atoms with Crippen LogP contribution in [-0.4, -0.2) is 54.4 Å². The summed E-state index contributed by atoms with van der Waals surface area (Å²) in [4.78, 5) is 24.9. The second-order valence-corrected chi connectivity index (χ2v) is 6.31. The molecule has 0 radical (unpaired) electrons. The van der Waals surface area contributed by atoms with Crippen LogP contribution in [0, 0.1) is 11.8 Å². The Bertz CT molecular complexity index is 388. The van der Waals surface area contributed by atoms with Crippen molar-refractivity contribution in [1.29, 1.82) is 0 Å². The summed E-state index contributed by atoms with van der Waals surface area (Å²) >= 11 is 0. The highest BCUT2D eigenvalue weighted by atomic mass is 16.5. The van der Waals surface area contributed by atoms with Crippen LogP contribution in [0.15, 0.2) is 0 Å². The first-order valence-electron chi connectivity index (χ1n) is 7.83. The zero-order chi connectivity index (χ0) is 15.4. The molecule has 2 aliphatic rings. The van der Waals surface area contributed by atoms with E-state index in [9.17, 15) is 14.7 Å². The molecule has 6 nitrogen and oxygen atoms in total. The summed E-state index contributed by atoms with van der Waals surface area (Å²) in [5.74, 6) is 0.169. The number of rotatable bonds is 4. The third kappa shape index (κ3) is 3.87. The van der Waals surface area contributed by atoms with Crippen molar-refractivity contribution in [2.45, 2.75) is 51.2 Å². The number of hydrogen-bond acceptors (Lipinski definition) is 3. The van der Waals surface area contributed by atoms with Crippen molar-refractivity contribution in [2.75, 3.05) is 20.2 Å². The molecular formula is C15H26N2O4. The number of carboxylic acid groups (broad SMARTS) is 1. The lowest BCUT2D eigenvalue weighted by Gasteiger charge is -2.30. The first kappa shape index (κ1) is 16.1. The molecule has 0 aromatic carbocycles. The number of nitrogens with one attached hydrogen (secondary N) is 1. The molecule has 2 fully saturated rings. The van der Waals surface area contributed by atoms with E-state index >= 15 is 0 Å². The third-order valence-electron chi connectivity index (χ3n) is 4.95. The molecule has 0 bridgehead atoms. The Balaban J connectivity index is 1.88.